The van der Waals surface area contributed by atoms with E-state index in [4.69, 9.17) is 0 Å². The van der Waals surface area contributed by atoms with E-state index in [2.05, 4.69) is 71.2 Å². The molecule has 0 spiro atoms. The smallest absolute Gasteiger partial charge is 0.0320 e. The molecule has 1 heteroatoms. The zero-order chi connectivity index (χ0) is 14.5. The van der Waals surface area contributed by atoms with Crippen molar-refractivity contribution in [2.45, 2.75) is 65.3 Å². The summed E-state index contributed by atoms with van der Waals surface area (Å²) in [6.45, 7) is 11.4. The maximum atomic E-state index is 3.47. The third-order valence-electron chi connectivity index (χ3n) is 3.95. The van der Waals surface area contributed by atoms with Crippen molar-refractivity contribution in [3.05, 3.63) is 35.4 Å². The van der Waals surface area contributed by atoms with Crippen LogP contribution in [0.2, 0.25) is 0 Å². The van der Waals surface area contributed by atoms with Crippen LogP contribution in [-0.4, -0.2) is 7.05 Å². The molecule has 0 radical (unpaired) electrons. The van der Waals surface area contributed by atoms with Crippen molar-refractivity contribution in [2.24, 2.45) is 5.92 Å². The van der Waals surface area contributed by atoms with Crippen molar-refractivity contribution in [1.82, 2.24) is 5.32 Å². The van der Waals surface area contributed by atoms with Crippen LogP contribution in [0.1, 0.15) is 71.0 Å². The molecule has 0 aliphatic heterocycles. The molecular weight excluding hydrogens is 230 g/mol. The standard InChI is InChI=1S/C18H31N/c1-7-8-14(2)13-17(19-6)15-9-11-16(12-10-15)18(3,4)5/h9-12,14,17,19H,7-8,13H2,1-6H3. The summed E-state index contributed by atoms with van der Waals surface area (Å²) in [5.41, 5.74) is 3.06. The van der Waals surface area contributed by atoms with Gasteiger partial charge in [0.2, 0.25) is 0 Å². The van der Waals surface area contributed by atoms with Crippen LogP contribution >= 0.6 is 0 Å². The predicted molar refractivity (Wildman–Crippen MR) is 85.6 cm³/mol. The summed E-state index contributed by atoms with van der Waals surface area (Å²) in [7, 11) is 2.07. The summed E-state index contributed by atoms with van der Waals surface area (Å²) in [6.07, 6.45) is 3.82. The van der Waals surface area contributed by atoms with Crippen LogP contribution in [0.5, 0.6) is 0 Å². The quantitative estimate of drug-likeness (QED) is 0.753. The fraction of sp³-hybridized carbons (Fsp3) is 0.667. The first-order valence-electron chi connectivity index (χ1n) is 7.66. The lowest BCUT2D eigenvalue weighted by Gasteiger charge is -2.23. The number of benzene rings is 1. The third kappa shape index (κ3) is 4.99. The summed E-state index contributed by atoms with van der Waals surface area (Å²) in [6, 6.07) is 9.63. The van der Waals surface area contributed by atoms with Crippen LogP contribution < -0.4 is 5.32 Å². The van der Waals surface area contributed by atoms with Crippen molar-refractivity contribution in [3.63, 3.8) is 0 Å². The highest BCUT2D eigenvalue weighted by Gasteiger charge is 2.16. The minimum Gasteiger partial charge on any atom is -0.313 e. The second-order valence-electron chi connectivity index (χ2n) is 6.84. The highest BCUT2D eigenvalue weighted by Crippen LogP contribution is 2.27. The van der Waals surface area contributed by atoms with Crippen molar-refractivity contribution < 1.29 is 0 Å². The minimum absolute atomic E-state index is 0.239. The molecule has 19 heavy (non-hydrogen) atoms. The molecule has 0 aliphatic carbocycles. The Morgan fingerprint density at radius 1 is 1.11 bits per heavy atom. The zero-order valence-electron chi connectivity index (χ0n) is 13.6. The number of rotatable bonds is 6. The van der Waals surface area contributed by atoms with Gasteiger partial charge in [-0.3, -0.25) is 0 Å². The van der Waals surface area contributed by atoms with E-state index in [1.54, 1.807) is 0 Å². The lowest BCUT2D eigenvalue weighted by atomic mass is 9.85. The van der Waals surface area contributed by atoms with Gasteiger partial charge in [-0.2, -0.15) is 0 Å². The average Bonchev–Trinajstić information content (AvgIpc) is 2.35. The maximum Gasteiger partial charge on any atom is 0.0320 e. The van der Waals surface area contributed by atoms with Crippen LogP contribution in [0.15, 0.2) is 24.3 Å². The van der Waals surface area contributed by atoms with Crippen LogP contribution in [0.25, 0.3) is 0 Å². The molecule has 2 unspecified atom stereocenters. The molecule has 1 aromatic carbocycles. The highest BCUT2D eigenvalue weighted by atomic mass is 14.9. The molecule has 0 fully saturated rings. The molecule has 2 atom stereocenters. The Labute approximate surface area is 119 Å². The van der Waals surface area contributed by atoms with Gasteiger partial charge in [0.15, 0.2) is 0 Å². The fourth-order valence-corrected chi connectivity index (χ4v) is 2.65. The zero-order valence-corrected chi connectivity index (χ0v) is 13.6. The van der Waals surface area contributed by atoms with Gasteiger partial charge in [-0.15, -0.1) is 0 Å². The maximum absolute atomic E-state index is 3.47. The van der Waals surface area contributed by atoms with Gasteiger partial charge in [0.1, 0.15) is 0 Å². The second kappa shape index (κ2) is 7.09. The molecule has 108 valence electrons. The normalized spacial score (nSPS) is 15.3. The van der Waals surface area contributed by atoms with Gasteiger partial charge in [0.05, 0.1) is 0 Å². The van der Waals surface area contributed by atoms with Gasteiger partial charge in [-0.1, -0.05) is 71.7 Å². The molecular formula is C18H31N. The molecule has 0 bridgehead atoms. The van der Waals surface area contributed by atoms with Gasteiger partial charge < -0.3 is 5.32 Å². The first-order valence-corrected chi connectivity index (χ1v) is 7.66. The lowest BCUT2D eigenvalue weighted by molar-refractivity contribution is 0.407. The highest BCUT2D eigenvalue weighted by molar-refractivity contribution is 5.29. The summed E-state index contributed by atoms with van der Waals surface area (Å²) in [5, 5.41) is 3.47. The Morgan fingerprint density at radius 2 is 1.68 bits per heavy atom. The van der Waals surface area contributed by atoms with E-state index in [1.165, 1.54) is 30.4 Å². The van der Waals surface area contributed by atoms with Gasteiger partial charge >= 0.3 is 0 Å². The van der Waals surface area contributed by atoms with Crippen LogP contribution in [0.3, 0.4) is 0 Å². The van der Waals surface area contributed by atoms with Crippen molar-refractivity contribution >= 4 is 0 Å². The Bertz CT molecular complexity index is 358. The first kappa shape index (κ1) is 16.2. The Kier molecular flexibility index (Phi) is 6.06. The predicted octanol–water partition coefficient (Wildman–Crippen LogP) is 5.07. The molecule has 1 nitrogen and oxygen atoms in total. The average molecular weight is 261 g/mol. The van der Waals surface area contributed by atoms with Crippen LogP contribution in [0.4, 0.5) is 0 Å². The molecule has 0 saturated heterocycles. The lowest BCUT2D eigenvalue weighted by Crippen LogP contribution is -2.19. The van der Waals surface area contributed by atoms with Crippen LogP contribution in [-0.2, 0) is 5.41 Å². The largest absolute Gasteiger partial charge is 0.313 e. The molecule has 0 saturated carbocycles. The summed E-state index contributed by atoms with van der Waals surface area (Å²) < 4.78 is 0. The summed E-state index contributed by atoms with van der Waals surface area (Å²) >= 11 is 0. The van der Waals surface area contributed by atoms with Gasteiger partial charge in [-0.05, 0) is 35.9 Å². The number of hydrogen-bond donors (Lipinski definition) is 1. The van der Waals surface area contributed by atoms with E-state index in [9.17, 15) is 0 Å². The molecule has 1 N–H and O–H groups in total. The van der Waals surface area contributed by atoms with Crippen molar-refractivity contribution in [1.29, 1.82) is 0 Å². The summed E-state index contributed by atoms with van der Waals surface area (Å²) in [4.78, 5) is 0. The van der Waals surface area contributed by atoms with E-state index in [0.29, 0.717) is 6.04 Å². The molecule has 0 aliphatic rings. The molecule has 1 rings (SSSR count). The second-order valence-corrected chi connectivity index (χ2v) is 6.84. The third-order valence-corrected chi connectivity index (χ3v) is 3.95. The van der Waals surface area contributed by atoms with E-state index in [1.807, 2.05) is 0 Å². The van der Waals surface area contributed by atoms with Crippen LogP contribution in [0, 0.1) is 5.92 Å². The van der Waals surface area contributed by atoms with Gasteiger partial charge in [0, 0.05) is 6.04 Å². The SMILES string of the molecule is CCCC(C)CC(NC)c1ccc(C(C)(C)C)cc1. The minimum atomic E-state index is 0.239. The monoisotopic (exact) mass is 261 g/mol. The molecule has 0 aromatic heterocycles. The van der Waals surface area contributed by atoms with Crippen molar-refractivity contribution in [3.8, 4) is 0 Å². The molecule has 1 aromatic rings. The fourth-order valence-electron chi connectivity index (χ4n) is 2.65. The Morgan fingerprint density at radius 3 is 2.11 bits per heavy atom. The topological polar surface area (TPSA) is 12.0 Å². The van der Waals surface area contributed by atoms with Crippen molar-refractivity contribution in [2.75, 3.05) is 7.05 Å². The number of nitrogens with one attached hydrogen (secondary N) is 1. The van der Waals surface area contributed by atoms with E-state index in [-0.39, 0.29) is 5.41 Å². The summed E-state index contributed by atoms with van der Waals surface area (Å²) in [5.74, 6) is 0.782. The molecule has 0 amide bonds. The first-order chi connectivity index (χ1) is 8.88. The van der Waals surface area contributed by atoms with E-state index in [0.717, 1.165) is 5.92 Å². The Balaban J connectivity index is 2.77. The van der Waals surface area contributed by atoms with E-state index < -0.39 is 0 Å². The Hall–Kier alpha value is -0.820. The number of hydrogen-bond acceptors (Lipinski definition) is 1. The van der Waals surface area contributed by atoms with E-state index >= 15 is 0 Å². The van der Waals surface area contributed by atoms with Gasteiger partial charge in [-0.25, -0.2) is 0 Å². The van der Waals surface area contributed by atoms with Gasteiger partial charge in [0.25, 0.3) is 0 Å². The molecule has 0 heterocycles.